The van der Waals surface area contributed by atoms with Crippen molar-refractivity contribution in [2.24, 2.45) is 0 Å². The third-order valence-electron chi connectivity index (χ3n) is 3.98. The van der Waals surface area contributed by atoms with Crippen molar-refractivity contribution in [3.05, 3.63) is 63.4 Å². The molecule has 1 amide bonds. The number of nitriles is 1. The quantitative estimate of drug-likeness (QED) is 0.487. The van der Waals surface area contributed by atoms with E-state index in [9.17, 15) is 9.59 Å². The van der Waals surface area contributed by atoms with Crippen LogP contribution in [0.2, 0.25) is 5.02 Å². The number of fused-ring (bicyclic) bond motifs is 1. The van der Waals surface area contributed by atoms with Gasteiger partial charge in [0, 0.05) is 11.6 Å². The van der Waals surface area contributed by atoms with Gasteiger partial charge in [-0.3, -0.25) is 14.2 Å². The number of hydrogen-bond donors (Lipinski definition) is 1. The molecule has 0 saturated carbocycles. The number of hydrogen-bond acceptors (Lipinski definition) is 5. The van der Waals surface area contributed by atoms with Gasteiger partial charge in [-0.25, -0.2) is 4.98 Å². The fourth-order valence-corrected chi connectivity index (χ4v) is 3.71. The number of amides is 1. The Hall–Kier alpha value is -2.82. The van der Waals surface area contributed by atoms with Crippen LogP contribution in [0.5, 0.6) is 0 Å². The van der Waals surface area contributed by atoms with Crippen molar-refractivity contribution in [1.82, 2.24) is 9.55 Å². The molecule has 6 nitrogen and oxygen atoms in total. The van der Waals surface area contributed by atoms with Crippen LogP contribution >= 0.6 is 23.4 Å². The Morgan fingerprint density at radius 3 is 2.86 bits per heavy atom. The predicted molar refractivity (Wildman–Crippen MR) is 112 cm³/mol. The first-order chi connectivity index (χ1) is 13.5. The van der Waals surface area contributed by atoms with Crippen LogP contribution in [-0.2, 0) is 11.3 Å². The number of para-hydroxylation sites is 1. The lowest BCUT2D eigenvalue weighted by Gasteiger charge is -2.12. The molecule has 0 spiro atoms. The van der Waals surface area contributed by atoms with Crippen molar-refractivity contribution >= 4 is 45.9 Å². The lowest BCUT2D eigenvalue weighted by Crippen LogP contribution is -2.24. The topological polar surface area (TPSA) is 87.8 Å². The molecule has 3 rings (SSSR count). The molecule has 1 heterocycles. The van der Waals surface area contributed by atoms with Crippen LogP contribution in [0.1, 0.15) is 18.9 Å². The second kappa shape index (κ2) is 8.91. The molecule has 2 aromatic carbocycles. The molecule has 0 unspecified atom stereocenters. The van der Waals surface area contributed by atoms with Gasteiger partial charge < -0.3 is 5.32 Å². The second-order valence-electron chi connectivity index (χ2n) is 6.01. The van der Waals surface area contributed by atoms with Gasteiger partial charge in [-0.2, -0.15) is 5.26 Å². The van der Waals surface area contributed by atoms with Crippen molar-refractivity contribution in [1.29, 1.82) is 5.26 Å². The lowest BCUT2D eigenvalue weighted by molar-refractivity contribution is -0.113. The Balaban J connectivity index is 1.82. The standard InChI is InChI=1S/C20H17ClN4O2S/c1-2-9-25-19(27)15-5-3-4-6-16(15)24-20(25)28-12-18(26)23-17-10-14(21)8-7-13(17)11-22/h3-8,10H,2,9,12H2,1H3,(H,23,26). The molecule has 0 bridgehead atoms. The lowest BCUT2D eigenvalue weighted by atomic mass is 10.2. The van der Waals surface area contributed by atoms with Crippen molar-refractivity contribution in [2.75, 3.05) is 11.1 Å². The number of halogens is 1. The molecular weight excluding hydrogens is 396 g/mol. The van der Waals surface area contributed by atoms with Gasteiger partial charge >= 0.3 is 0 Å². The molecule has 28 heavy (non-hydrogen) atoms. The average molecular weight is 413 g/mol. The molecule has 1 N–H and O–H groups in total. The van der Waals surface area contributed by atoms with E-state index >= 15 is 0 Å². The van der Waals surface area contributed by atoms with E-state index in [-0.39, 0.29) is 17.2 Å². The maximum atomic E-state index is 12.8. The summed E-state index contributed by atoms with van der Waals surface area (Å²) in [5, 5.41) is 13.3. The van der Waals surface area contributed by atoms with Gasteiger partial charge in [-0.15, -0.1) is 0 Å². The van der Waals surface area contributed by atoms with Crippen molar-refractivity contribution in [3.63, 3.8) is 0 Å². The molecule has 0 aliphatic carbocycles. The number of carbonyl (C=O) groups is 1. The highest BCUT2D eigenvalue weighted by molar-refractivity contribution is 7.99. The first-order valence-electron chi connectivity index (χ1n) is 8.65. The molecule has 0 fully saturated rings. The Bertz CT molecular complexity index is 1140. The summed E-state index contributed by atoms with van der Waals surface area (Å²) in [6.07, 6.45) is 0.772. The van der Waals surface area contributed by atoms with Crippen LogP contribution < -0.4 is 10.9 Å². The molecule has 3 aromatic rings. The van der Waals surface area contributed by atoms with Crippen LogP contribution in [0.25, 0.3) is 10.9 Å². The average Bonchev–Trinajstić information content (AvgIpc) is 2.69. The highest BCUT2D eigenvalue weighted by Crippen LogP contribution is 2.22. The molecule has 0 radical (unpaired) electrons. The van der Waals surface area contributed by atoms with Crippen LogP contribution in [0.4, 0.5) is 5.69 Å². The number of aromatic nitrogens is 2. The highest BCUT2D eigenvalue weighted by atomic mass is 35.5. The summed E-state index contributed by atoms with van der Waals surface area (Å²) in [6, 6.07) is 13.8. The molecule has 0 aliphatic rings. The van der Waals surface area contributed by atoms with E-state index in [0.29, 0.717) is 38.9 Å². The number of anilines is 1. The SMILES string of the molecule is CCCn1c(SCC(=O)Nc2cc(Cl)ccc2C#N)nc2ccccc2c1=O. The zero-order valence-electron chi connectivity index (χ0n) is 15.1. The van der Waals surface area contributed by atoms with Gasteiger partial charge in [0.05, 0.1) is 27.9 Å². The minimum Gasteiger partial charge on any atom is -0.324 e. The predicted octanol–water partition coefficient (Wildman–Crippen LogP) is 4.06. The Kier molecular flexibility index (Phi) is 6.34. The minimum atomic E-state index is -0.311. The Morgan fingerprint density at radius 2 is 2.11 bits per heavy atom. The van der Waals surface area contributed by atoms with E-state index in [1.165, 1.54) is 17.8 Å². The van der Waals surface area contributed by atoms with E-state index in [1.807, 2.05) is 19.1 Å². The molecule has 0 atom stereocenters. The third kappa shape index (κ3) is 4.35. The first kappa shape index (κ1) is 19.9. The Labute approximate surface area is 171 Å². The monoisotopic (exact) mass is 412 g/mol. The molecule has 142 valence electrons. The van der Waals surface area contributed by atoms with Crippen LogP contribution in [-0.4, -0.2) is 21.2 Å². The number of thioether (sulfide) groups is 1. The van der Waals surface area contributed by atoms with Crippen LogP contribution in [0.15, 0.2) is 52.4 Å². The zero-order valence-corrected chi connectivity index (χ0v) is 16.7. The molecular formula is C20H17ClN4O2S. The maximum Gasteiger partial charge on any atom is 0.262 e. The smallest absolute Gasteiger partial charge is 0.262 e. The van der Waals surface area contributed by atoms with Crippen molar-refractivity contribution in [3.8, 4) is 6.07 Å². The summed E-state index contributed by atoms with van der Waals surface area (Å²) >= 11 is 7.13. The molecule has 0 aliphatic heterocycles. The van der Waals surface area contributed by atoms with Crippen LogP contribution in [0, 0.1) is 11.3 Å². The number of nitrogens with one attached hydrogen (secondary N) is 1. The van der Waals surface area contributed by atoms with E-state index in [0.717, 1.165) is 6.42 Å². The number of nitrogens with zero attached hydrogens (tertiary/aromatic N) is 3. The van der Waals surface area contributed by atoms with Gasteiger partial charge in [0.25, 0.3) is 5.56 Å². The fraction of sp³-hybridized carbons (Fsp3) is 0.200. The van der Waals surface area contributed by atoms with E-state index in [4.69, 9.17) is 16.9 Å². The van der Waals surface area contributed by atoms with Gasteiger partial charge in [-0.1, -0.05) is 42.4 Å². The van der Waals surface area contributed by atoms with Crippen molar-refractivity contribution < 1.29 is 4.79 Å². The van der Waals surface area contributed by atoms with Gasteiger partial charge in [0.15, 0.2) is 5.16 Å². The second-order valence-corrected chi connectivity index (χ2v) is 7.39. The van der Waals surface area contributed by atoms with Crippen LogP contribution in [0.3, 0.4) is 0 Å². The fourth-order valence-electron chi connectivity index (χ4n) is 2.71. The largest absolute Gasteiger partial charge is 0.324 e. The molecule has 0 saturated heterocycles. The summed E-state index contributed by atoms with van der Waals surface area (Å²) in [4.78, 5) is 29.7. The summed E-state index contributed by atoms with van der Waals surface area (Å²) in [6.45, 7) is 2.50. The first-order valence-corrected chi connectivity index (χ1v) is 10.0. The van der Waals surface area contributed by atoms with E-state index < -0.39 is 0 Å². The summed E-state index contributed by atoms with van der Waals surface area (Å²) in [5.41, 5.74) is 1.17. The minimum absolute atomic E-state index is 0.0475. The number of benzene rings is 2. The zero-order chi connectivity index (χ0) is 20.1. The van der Waals surface area contributed by atoms with E-state index in [2.05, 4.69) is 10.3 Å². The number of rotatable bonds is 6. The number of carbonyl (C=O) groups excluding carboxylic acids is 1. The maximum absolute atomic E-state index is 12.8. The molecule has 8 heteroatoms. The Morgan fingerprint density at radius 1 is 1.32 bits per heavy atom. The summed E-state index contributed by atoms with van der Waals surface area (Å²) in [5.74, 6) is -0.263. The van der Waals surface area contributed by atoms with Gasteiger partial charge in [0.2, 0.25) is 5.91 Å². The van der Waals surface area contributed by atoms with Gasteiger partial charge in [-0.05, 0) is 36.8 Å². The van der Waals surface area contributed by atoms with Gasteiger partial charge in [0.1, 0.15) is 6.07 Å². The van der Waals surface area contributed by atoms with Crippen molar-refractivity contribution in [2.45, 2.75) is 25.0 Å². The normalized spacial score (nSPS) is 10.6. The summed E-state index contributed by atoms with van der Waals surface area (Å²) < 4.78 is 1.60. The summed E-state index contributed by atoms with van der Waals surface area (Å²) in [7, 11) is 0. The van der Waals surface area contributed by atoms with E-state index in [1.54, 1.807) is 34.9 Å². The highest BCUT2D eigenvalue weighted by Gasteiger charge is 2.14. The third-order valence-corrected chi connectivity index (χ3v) is 5.19. The molecule has 1 aromatic heterocycles.